The minimum Gasteiger partial charge on any atom is -0.299 e. The molecule has 3 rings (SSSR count). The Labute approximate surface area is 168 Å². The summed E-state index contributed by atoms with van der Waals surface area (Å²) < 4.78 is 42.2. The molecule has 1 unspecified atom stereocenters. The van der Waals surface area contributed by atoms with Crippen LogP contribution < -0.4 is 0 Å². The summed E-state index contributed by atoms with van der Waals surface area (Å²) >= 11 is 7.09. The van der Waals surface area contributed by atoms with E-state index in [1.165, 1.54) is 29.7 Å². The summed E-state index contributed by atoms with van der Waals surface area (Å²) in [6.45, 7) is 3.08. The maximum atomic E-state index is 13.6. The molecule has 1 atom stereocenters. The molecular weight excluding hydrogens is 411 g/mol. The zero-order valence-corrected chi connectivity index (χ0v) is 16.4. The van der Waals surface area contributed by atoms with Crippen molar-refractivity contribution in [3.05, 3.63) is 59.1 Å². The van der Waals surface area contributed by atoms with Gasteiger partial charge in [0.1, 0.15) is 5.78 Å². The average Bonchev–Trinajstić information content (AvgIpc) is 3.04. The molecule has 0 saturated heterocycles. The van der Waals surface area contributed by atoms with Crippen LogP contribution in [0.25, 0.3) is 17.1 Å². The lowest BCUT2D eigenvalue weighted by Crippen LogP contribution is -2.14. The van der Waals surface area contributed by atoms with Gasteiger partial charge >= 0.3 is 6.18 Å². The zero-order chi connectivity index (χ0) is 20.5. The van der Waals surface area contributed by atoms with Crippen LogP contribution in [0.3, 0.4) is 0 Å². The second kappa shape index (κ2) is 7.97. The number of alkyl halides is 3. The molecule has 9 heteroatoms. The molecule has 0 spiro atoms. The molecule has 0 bridgehead atoms. The van der Waals surface area contributed by atoms with E-state index in [-0.39, 0.29) is 22.5 Å². The van der Waals surface area contributed by atoms with E-state index in [1.807, 2.05) is 0 Å². The van der Waals surface area contributed by atoms with Crippen molar-refractivity contribution in [2.24, 2.45) is 0 Å². The van der Waals surface area contributed by atoms with Crippen molar-refractivity contribution in [2.45, 2.75) is 30.4 Å². The molecule has 3 aromatic rings. The van der Waals surface area contributed by atoms with E-state index < -0.39 is 17.0 Å². The van der Waals surface area contributed by atoms with Gasteiger partial charge in [-0.1, -0.05) is 47.6 Å². The van der Waals surface area contributed by atoms with E-state index in [1.54, 1.807) is 31.2 Å². The number of aromatic nitrogens is 3. The highest BCUT2D eigenvalue weighted by Gasteiger charge is 2.35. The molecule has 4 nitrogen and oxygen atoms in total. The van der Waals surface area contributed by atoms with Crippen LogP contribution in [0.5, 0.6) is 0 Å². The van der Waals surface area contributed by atoms with Crippen LogP contribution in [0.15, 0.2) is 53.7 Å². The van der Waals surface area contributed by atoms with Crippen molar-refractivity contribution >= 4 is 29.1 Å². The standard InChI is InChI=1S/C19H15ClF3N3OS/c1-11(27)12(2)28-18-25-24-17(13-6-5-7-14(20)10-13)26(18)16-9-4-3-8-15(16)19(21,22)23/h3-10,12H,1-2H3. The summed E-state index contributed by atoms with van der Waals surface area (Å²) in [6, 6.07) is 11.8. The Kier molecular flexibility index (Phi) is 5.81. The average molecular weight is 426 g/mol. The molecule has 2 aromatic carbocycles. The van der Waals surface area contributed by atoms with E-state index in [0.29, 0.717) is 10.6 Å². The van der Waals surface area contributed by atoms with Crippen LogP contribution in [-0.4, -0.2) is 25.8 Å². The largest absolute Gasteiger partial charge is 0.418 e. The summed E-state index contributed by atoms with van der Waals surface area (Å²) in [5.74, 6) is 0.0883. The molecule has 0 aliphatic heterocycles. The van der Waals surface area contributed by atoms with E-state index in [2.05, 4.69) is 10.2 Å². The van der Waals surface area contributed by atoms with Gasteiger partial charge in [0.05, 0.1) is 16.5 Å². The maximum absolute atomic E-state index is 13.6. The van der Waals surface area contributed by atoms with Crippen LogP contribution >= 0.6 is 23.4 Å². The smallest absolute Gasteiger partial charge is 0.299 e. The first-order valence-electron chi connectivity index (χ1n) is 8.23. The van der Waals surface area contributed by atoms with Gasteiger partial charge in [-0.15, -0.1) is 10.2 Å². The Morgan fingerprint density at radius 2 is 1.86 bits per heavy atom. The summed E-state index contributed by atoms with van der Waals surface area (Å²) in [6.07, 6.45) is -4.57. The molecule has 0 aliphatic rings. The number of thioether (sulfide) groups is 1. The molecule has 0 amide bonds. The van der Waals surface area contributed by atoms with Crippen molar-refractivity contribution in [3.8, 4) is 17.1 Å². The first-order chi connectivity index (χ1) is 13.2. The topological polar surface area (TPSA) is 47.8 Å². The van der Waals surface area contributed by atoms with E-state index in [0.717, 1.165) is 17.8 Å². The molecular formula is C19H15ClF3N3OS. The first-order valence-corrected chi connectivity index (χ1v) is 9.49. The normalized spacial score (nSPS) is 12.8. The first kappa shape index (κ1) is 20.4. The molecule has 146 valence electrons. The molecule has 0 fully saturated rings. The highest BCUT2D eigenvalue weighted by Crippen LogP contribution is 2.38. The number of halogens is 4. The van der Waals surface area contributed by atoms with Gasteiger partial charge in [0.2, 0.25) is 0 Å². The highest BCUT2D eigenvalue weighted by atomic mass is 35.5. The number of Topliss-reactive ketones (excluding diaryl/α,β-unsaturated/α-hetero) is 1. The van der Waals surface area contributed by atoms with Gasteiger partial charge in [0, 0.05) is 10.6 Å². The summed E-state index contributed by atoms with van der Waals surface area (Å²) in [5, 5.41) is 8.27. The van der Waals surface area contributed by atoms with Gasteiger partial charge in [0.15, 0.2) is 11.0 Å². The number of hydrogen-bond acceptors (Lipinski definition) is 4. The third-order valence-electron chi connectivity index (χ3n) is 4.02. The fraction of sp³-hybridized carbons (Fsp3) is 0.211. The highest BCUT2D eigenvalue weighted by molar-refractivity contribution is 8.00. The number of ketones is 1. The Bertz CT molecular complexity index is 1020. The van der Waals surface area contributed by atoms with Crippen molar-refractivity contribution in [2.75, 3.05) is 0 Å². The summed E-state index contributed by atoms with van der Waals surface area (Å²) in [7, 11) is 0. The Balaban J connectivity index is 2.26. The van der Waals surface area contributed by atoms with Gasteiger partial charge in [-0.25, -0.2) is 0 Å². The van der Waals surface area contributed by atoms with Crippen molar-refractivity contribution in [3.63, 3.8) is 0 Å². The third-order valence-corrected chi connectivity index (χ3v) is 5.42. The molecule has 0 N–H and O–H groups in total. The van der Waals surface area contributed by atoms with Crippen LogP contribution in [0, 0.1) is 0 Å². The van der Waals surface area contributed by atoms with Gasteiger partial charge in [0.25, 0.3) is 0 Å². The number of rotatable bonds is 5. The summed E-state index contributed by atoms with van der Waals surface area (Å²) in [5.41, 5.74) is -0.428. The molecule has 0 radical (unpaired) electrons. The predicted molar refractivity (Wildman–Crippen MR) is 103 cm³/mol. The number of benzene rings is 2. The number of carbonyl (C=O) groups is 1. The third kappa shape index (κ3) is 4.23. The lowest BCUT2D eigenvalue weighted by atomic mass is 10.1. The number of hydrogen-bond donors (Lipinski definition) is 0. The molecule has 0 aliphatic carbocycles. The Hall–Kier alpha value is -2.32. The minimum absolute atomic E-state index is 0.117. The Morgan fingerprint density at radius 1 is 1.14 bits per heavy atom. The van der Waals surface area contributed by atoms with Gasteiger partial charge in [-0.05, 0) is 38.1 Å². The summed E-state index contributed by atoms with van der Waals surface area (Å²) in [4.78, 5) is 11.7. The number of nitrogens with zero attached hydrogens (tertiary/aromatic N) is 3. The van der Waals surface area contributed by atoms with Crippen LogP contribution in [-0.2, 0) is 11.0 Å². The van der Waals surface area contributed by atoms with Crippen molar-refractivity contribution < 1.29 is 18.0 Å². The molecule has 28 heavy (non-hydrogen) atoms. The Morgan fingerprint density at radius 3 is 2.50 bits per heavy atom. The zero-order valence-electron chi connectivity index (χ0n) is 14.9. The predicted octanol–water partition coefficient (Wildman–Crippen LogP) is 5.68. The second-order valence-corrected chi connectivity index (χ2v) is 7.78. The second-order valence-electron chi connectivity index (χ2n) is 6.04. The molecule has 0 saturated carbocycles. The van der Waals surface area contributed by atoms with Crippen LogP contribution in [0.1, 0.15) is 19.4 Å². The van der Waals surface area contributed by atoms with Crippen molar-refractivity contribution in [1.29, 1.82) is 0 Å². The SMILES string of the molecule is CC(=O)C(C)Sc1nnc(-c2cccc(Cl)c2)n1-c1ccccc1C(F)(F)F. The van der Waals surface area contributed by atoms with E-state index in [9.17, 15) is 18.0 Å². The van der Waals surface area contributed by atoms with Gasteiger partial charge in [-0.3, -0.25) is 9.36 Å². The van der Waals surface area contributed by atoms with Gasteiger partial charge < -0.3 is 0 Å². The molecule has 1 heterocycles. The van der Waals surface area contributed by atoms with E-state index in [4.69, 9.17) is 11.6 Å². The fourth-order valence-electron chi connectivity index (χ4n) is 2.53. The monoisotopic (exact) mass is 425 g/mol. The van der Waals surface area contributed by atoms with Crippen molar-refractivity contribution in [1.82, 2.24) is 14.8 Å². The van der Waals surface area contributed by atoms with Gasteiger partial charge in [-0.2, -0.15) is 13.2 Å². The maximum Gasteiger partial charge on any atom is 0.418 e. The fourth-order valence-corrected chi connectivity index (χ4v) is 3.58. The quantitative estimate of drug-likeness (QED) is 0.494. The lowest BCUT2D eigenvalue weighted by molar-refractivity contribution is -0.137. The number of para-hydroxylation sites is 1. The van der Waals surface area contributed by atoms with Crippen LogP contribution in [0.4, 0.5) is 13.2 Å². The number of carbonyl (C=O) groups excluding carboxylic acids is 1. The molecule has 1 aromatic heterocycles. The van der Waals surface area contributed by atoms with E-state index >= 15 is 0 Å². The minimum atomic E-state index is -4.57. The van der Waals surface area contributed by atoms with Crippen LogP contribution in [0.2, 0.25) is 5.02 Å². The lowest BCUT2D eigenvalue weighted by Gasteiger charge is -2.17.